The zero-order valence-corrected chi connectivity index (χ0v) is 19.3. The lowest BCUT2D eigenvalue weighted by Gasteiger charge is -2.43. The number of fused-ring (bicyclic) bond motifs is 3. The van der Waals surface area contributed by atoms with E-state index in [1.807, 2.05) is 32.9 Å². The number of carbonyl (C=O) groups is 1. The highest BCUT2D eigenvalue weighted by Gasteiger charge is 2.43. The molecule has 2 heterocycles. The summed E-state index contributed by atoms with van der Waals surface area (Å²) in [5.74, 6) is 0.290. The summed E-state index contributed by atoms with van der Waals surface area (Å²) in [5.41, 5.74) is 1.03. The van der Waals surface area contributed by atoms with E-state index in [0.29, 0.717) is 18.0 Å². The Hall–Kier alpha value is -2.23. The fourth-order valence-corrected chi connectivity index (χ4v) is 7.04. The van der Waals surface area contributed by atoms with Crippen LogP contribution in [0.3, 0.4) is 0 Å². The van der Waals surface area contributed by atoms with Crippen LogP contribution in [0, 0.1) is 3.82 Å². The maximum absolute atomic E-state index is 13.6. The number of alkyl halides is 3. The van der Waals surface area contributed by atoms with Crippen molar-refractivity contribution in [3.63, 3.8) is 0 Å². The van der Waals surface area contributed by atoms with Gasteiger partial charge in [-0.2, -0.15) is 13.2 Å². The van der Waals surface area contributed by atoms with Crippen molar-refractivity contribution in [2.75, 3.05) is 11.5 Å². The molecular formula is C22H18F3NO2S3. The third-order valence-corrected chi connectivity index (χ3v) is 8.53. The molecular weight excluding hydrogens is 463 g/mol. The Labute approximate surface area is 190 Å². The molecule has 1 aromatic heterocycles. The van der Waals surface area contributed by atoms with Gasteiger partial charge in [-0.3, -0.25) is 9.69 Å². The molecule has 3 aromatic rings. The Balaban J connectivity index is 1.86. The minimum absolute atomic E-state index is 0.184. The van der Waals surface area contributed by atoms with Gasteiger partial charge in [-0.05, 0) is 63.2 Å². The molecule has 162 valence electrons. The van der Waals surface area contributed by atoms with Crippen LogP contribution in [0.1, 0.15) is 41.6 Å². The lowest BCUT2D eigenvalue weighted by atomic mass is 9.86. The van der Waals surface area contributed by atoms with Gasteiger partial charge in [-0.1, -0.05) is 32.9 Å². The van der Waals surface area contributed by atoms with E-state index in [9.17, 15) is 18.0 Å². The number of hydrogen-bond donors (Lipinski definition) is 0. The Morgan fingerprint density at radius 3 is 2.42 bits per heavy atom. The first-order chi connectivity index (χ1) is 14.6. The number of benzene rings is 2. The molecule has 1 aliphatic rings. The molecule has 0 bridgehead atoms. The first kappa shape index (κ1) is 22.0. The summed E-state index contributed by atoms with van der Waals surface area (Å²) in [6, 6.07) is 9.78. The Morgan fingerprint density at radius 2 is 1.81 bits per heavy atom. The number of hydrogen-bond acceptors (Lipinski definition) is 5. The largest absolute Gasteiger partial charge is 0.494 e. The maximum atomic E-state index is 13.6. The zero-order valence-electron chi connectivity index (χ0n) is 16.9. The fourth-order valence-electron chi connectivity index (χ4n) is 3.76. The lowest BCUT2D eigenvalue weighted by Crippen LogP contribution is -2.47. The van der Waals surface area contributed by atoms with Gasteiger partial charge >= 0.3 is 6.18 Å². The van der Waals surface area contributed by atoms with Crippen LogP contribution in [0.5, 0.6) is 5.75 Å². The second-order valence-corrected chi connectivity index (χ2v) is 10.4. The molecule has 0 saturated carbocycles. The van der Waals surface area contributed by atoms with Gasteiger partial charge in [0.05, 0.1) is 28.3 Å². The van der Waals surface area contributed by atoms with Crippen LogP contribution >= 0.6 is 32.9 Å². The molecule has 0 saturated heterocycles. The highest BCUT2D eigenvalue weighted by Crippen LogP contribution is 2.53. The van der Waals surface area contributed by atoms with Crippen molar-refractivity contribution in [3.8, 4) is 16.9 Å². The number of carbonyl (C=O) groups excluding carboxylic acids is 1. The second-order valence-electron chi connectivity index (χ2n) is 7.54. The van der Waals surface area contributed by atoms with E-state index in [4.69, 9.17) is 17.0 Å². The molecule has 31 heavy (non-hydrogen) atoms. The van der Waals surface area contributed by atoms with Gasteiger partial charge in [0.25, 0.3) is 5.91 Å². The SMILES string of the molecule is CCOc1ccc2c(c1)-c1c(ssc1=S)C(C)(C)N2C(=O)c1ccc(C(F)(F)F)cc1. The van der Waals surface area contributed by atoms with Crippen molar-refractivity contribution in [1.29, 1.82) is 0 Å². The first-order valence-electron chi connectivity index (χ1n) is 9.48. The van der Waals surface area contributed by atoms with E-state index in [-0.39, 0.29) is 11.5 Å². The van der Waals surface area contributed by atoms with E-state index in [0.717, 1.165) is 32.0 Å². The van der Waals surface area contributed by atoms with Crippen molar-refractivity contribution < 1.29 is 22.7 Å². The molecule has 0 radical (unpaired) electrons. The third kappa shape index (κ3) is 3.68. The van der Waals surface area contributed by atoms with Crippen LogP contribution in [0.2, 0.25) is 0 Å². The van der Waals surface area contributed by atoms with Crippen molar-refractivity contribution in [2.45, 2.75) is 32.5 Å². The van der Waals surface area contributed by atoms with Crippen LogP contribution in [0.4, 0.5) is 18.9 Å². The summed E-state index contributed by atoms with van der Waals surface area (Å²) in [6.45, 7) is 6.23. The zero-order chi connectivity index (χ0) is 22.6. The minimum atomic E-state index is -4.46. The van der Waals surface area contributed by atoms with E-state index < -0.39 is 17.3 Å². The number of anilines is 1. The van der Waals surface area contributed by atoms with Crippen LogP contribution in [-0.2, 0) is 11.7 Å². The molecule has 2 aromatic carbocycles. The molecule has 0 spiro atoms. The number of rotatable bonds is 3. The van der Waals surface area contributed by atoms with Gasteiger partial charge in [-0.15, -0.1) is 0 Å². The highest BCUT2D eigenvalue weighted by molar-refractivity contribution is 7.80. The van der Waals surface area contributed by atoms with E-state index in [1.165, 1.54) is 32.8 Å². The summed E-state index contributed by atoms with van der Waals surface area (Å²) >= 11 is 5.58. The van der Waals surface area contributed by atoms with Gasteiger partial charge in [0.2, 0.25) is 0 Å². The predicted molar refractivity (Wildman–Crippen MR) is 121 cm³/mol. The molecule has 0 N–H and O–H groups in total. The molecule has 1 amide bonds. The van der Waals surface area contributed by atoms with Crippen molar-refractivity contribution in [3.05, 3.63) is 62.3 Å². The van der Waals surface area contributed by atoms with E-state index in [2.05, 4.69) is 0 Å². The predicted octanol–water partition coefficient (Wildman–Crippen LogP) is 7.52. The van der Waals surface area contributed by atoms with Crippen molar-refractivity contribution in [2.24, 2.45) is 0 Å². The average Bonchev–Trinajstić information content (AvgIpc) is 3.11. The van der Waals surface area contributed by atoms with Crippen LogP contribution in [0.25, 0.3) is 11.1 Å². The molecule has 3 nitrogen and oxygen atoms in total. The molecule has 0 fully saturated rings. The maximum Gasteiger partial charge on any atom is 0.416 e. The summed E-state index contributed by atoms with van der Waals surface area (Å²) in [6.07, 6.45) is -4.46. The van der Waals surface area contributed by atoms with Gasteiger partial charge < -0.3 is 4.74 Å². The fraction of sp³-hybridized carbons (Fsp3) is 0.273. The lowest BCUT2D eigenvalue weighted by molar-refractivity contribution is -0.137. The summed E-state index contributed by atoms with van der Waals surface area (Å²) in [5, 5.41) is 0. The van der Waals surface area contributed by atoms with Crippen molar-refractivity contribution >= 4 is 44.5 Å². The molecule has 0 atom stereocenters. The quantitative estimate of drug-likeness (QED) is 0.286. The second kappa shape index (κ2) is 7.72. The highest BCUT2D eigenvalue weighted by atomic mass is 32.9. The number of amides is 1. The van der Waals surface area contributed by atoms with Crippen LogP contribution in [-0.4, -0.2) is 12.5 Å². The number of ether oxygens (including phenoxy) is 1. The minimum Gasteiger partial charge on any atom is -0.494 e. The van der Waals surface area contributed by atoms with Crippen molar-refractivity contribution in [1.82, 2.24) is 0 Å². The molecule has 0 unspecified atom stereocenters. The molecule has 0 aliphatic carbocycles. The normalized spacial score (nSPS) is 14.7. The van der Waals surface area contributed by atoms with Gasteiger partial charge in [0.1, 0.15) is 9.57 Å². The summed E-state index contributed by atoms with van der Waals surface area (Å²) < 4.78 is 45.2. The number of nitrogens with zero attached hydrogens (tertiary/aromatic N) is 1. The summed E-state index contributed by atoms with van der Waals surface area (Å²) in [7, 11) is 2.99. The third-order valence-electron chi connectivity index (χ3n) is 5.20. The van der Waals surface area contributed by atoms with Gasteiger partial charge in [-0.25, -0.2) is 0 Å². The smallest absolute Gasteiger partial charge is 0.416 e. The standard InChI is InChI=1S/C22H18F3NO2S3/c1-4-28-14-9-10-16-15(11-14)17-18(30-31-20(17)29)21(2,3)26(16)19(27)12-5-7-13(8-6-12)22(23,24)25/h5-11H,4H2,1-3H3. The molecule has 1 aliphatic heterocycles. The molecule has 4 rings (SSSR count). The van der Waals surface area contributed by atoms with Gasteiger partial charge in [0, 0.05) is 16.7 Å². The first-order valence-corrected chi connectivity index (χ1v) is 12.0. The monoisotopic (exact) mass is 481 g/mol. The van der Waals surface area contributed by atoms with Crippen LogP contribution < -0.4 is 9.64 Å². The Kier molecular flexibility index (Phi) is 5.47. The van der Waals surface area contributed by atoms with Crippen LogP contribution in [0.15, 0.2) is 42.5 Å². The number of halogens is 3. The Morgan fingerprint density at radius 1 is 1.13 bits per heavy atom. The molecule has 9 heteroatoms. The van der Waals surface area contributed by atoms with E-state index in [1.54, 1.807) is 11.0 Å². The Bertz CT molecular complexity index is 1210. The van der Waals surface area contributed by atoms with Gasteiger partial charge in [0.15, 0.2) is 0 Å². The summed E-state index contributed by atoms with van der Waals surface area (Å²) in [4.78, 5) is 16.1. The average molecular weight is 482 g/mol. The van der Waals surface area contributed by atoms with E-state index >= 15 is 0 Å². The topological polar surface area (TPSA) is 29.5 Å².